The van der Waals surface area contributed by atoms with Crippen molar-refractivity contribution >= 4 is 14.7 Å². The zero-order valence-electron chi connectivity index (χ0n) is 13.1. The van der Waals surface area contributed by atoms with Crippen molar-refractivity contribution in [2.75, 3.05) is 26.3 Å². The second-order valence-electron chi connectivity index (χ2n) is 6.27. The summed E-state index contributed by atoms with van der Waals surface area (Å²) < 4.78 is 49.8. The maximum Gasteiger partial charge on any atom is 0.416 e. The largest absolute Gasteiger partial charge is 0.416 e. The predicted octanol–water partition coefficient (Wildman–Crippen LogP) is 1.73. The normalized spacial score (nSPS) is 31.5. The lowest BCUT2D eigenvalue weighted by atomic mass is 9.53. The molecule has 3 saturated heterocycles. The molecule has 9 heteroatoms. The highest BCUT2D eigenvalue weighted by molar-refractivity contribution is 6.44. The van der Waals surface area contributed by atoms with Crippen LogP contribution in [0.5, 0.6) is 0 Å². The third-order valence-corrected chi connectivity index (χ3v) is 4.81. The number of hydrogen-bond donors (Lipinski definition) is 0. The number of alkyl halides is 3. The highest BCUT2D eigenvalue weighted by Crippen LogP contribution is 2.33. The van der Waals surface area contributed by atoms with E-state index in [-0.39, 0.29) is 18.3 Å². The molecule has 3 atom stereocenters. The summed E-state index contributed by atoms with van der Waals surface area (Å²) in [6, 6.07) is 5.43. The fraction of sp³-hybridized carbons (Fsp3) is 0.600. The number of hydrogen-bond acceptors (Lipinski definition) is 4. The van der Waals surface area contributed by atoms with Gasteiger partial charge in [-0.2, -0.15) is 13.2 Å². The molecule has 3 fully saturated rings. The number of nitrogens with zero attached hydrogens (tertiary/aromatic N) is 2. The lowest BCUT2D eigenvalue weighted by Gasteiger charge is -2.38. The molecule has 1 aromatic rings. The Morgan fingerprint density at radius 3 is 2.54 bits per heavy atom. The van der Waals surface area contributed by atoms with Gasteiger partial charge < -0.3 is 14.3 Å². The third-order valence-electron chi connectivity index (χ3n) is 4.81. The van der Waals surface area contributed by atoms with Crippen LogP contribution in [0.25, 0.3) is 0 Å². The first-order valence-electron chi connectivity index (χ1n) is 8.12. The van der Waals surface area contributed by atoms with E-state index in [4.69, 9.17) is 9.47 Å². The van der Waals surface area contributed by atoms with Gasteiger partial charge in [0.1, 0.15) is 0 Å². The minimum Gasteiger partial charge on any atom is -0.371 e. The molecule has 1 aromatic carbocycles. The van der Waals surface area contributed by atoms with Crippen LogP contribution in [-0.2, 0) is 15.7 Å². The quantitative estimate of drug-likeness (QED) is 0.730. The molecule has 126 valence electrons. The SMILES string of the molecule is FC(F)(F)c1ccc(C2[B]C3OCCN3C3OCCN3[B]C2)cc1. The summed E-state index contributed by atoms with van der Waals surface area (Å²) in [7, 11) is 4.18. The molecule has 0 amide bonds. The van der Waals surface area contributed by atoms with Gasteiger partial charge in [-0.25, -0.2) is 4.90 Å². The number of rotatable bonds is 1. The molecule has 3 aliphatic heterocycles. The Hall–Kier alpha value is -1.02. The first kappa shape index (κ1) is 16.4. The predicted molar refractivity (Wildman–Crippen MR) is 83.4 cm³/mol. The number of benzene rings is 1. The van der Waals surface area contributed by atoms with E-state index >= 15 is 0 Å². The van der Waals surface area contributed by atoms with Gasteiger partial charge in [-0.05, 0) is 17.9 Å². The molecule has 0 aliphatic carbocycles. The first-order valence-corrected chi connectivity index (χ1v) is 8.12. The van der Waals surface area contributed by atoms with E-state index in [2.05, 4.69) is 24.4 Å². The average Bonchev–Trinajstić information content (AvgIpc) is 3.16. The van der Waals surface area contributed by atoms with Crippen molar-refractivity contribution in [2.24, 2.45) is 0 Å². The van der Waals surface area contributed by atoms with Crippen molar-refractivity contribution in [2.45, 2.75) is 30.8 Å². The van der Waals surface area contributed by atoms with E-state index in [1.807, 2.05) is 0 Å². The molecule has 3 aliphatic rings. The zero-order valence-corrected chi connectivity index (χ0v) is 13.1. The van der Waals surface area contributed by atoms with Crippen molar-refractivity contribution in [3.63, 3.8) is 0 Å². The van der Waals surface area contributed by atoms with Gasteiger partial charge in [0.05, 0.1) is 24.9 Å². The van der Waals surface area contributed by atoms with Crippen molar-refractivity contribution < 1.29 is 22.6 Å². The van der Waals surface area contributed by atoms with Gasteiger partial charge in [-0.3, -0.25) is 0 Å². The molecule has 4 rings (SSSR count). The van der Waals surface area contributed by atoms with Gasteiger partial charge in [0.25, 0.3) is 0 Å². The van der Waals surface area contributed by atoms with Gasteiger partial charge >= 0.3 is 6.18 Å². The summed E-state index contributed by atoms with van der Waals surface area (Å²) in [4.78, 5) is 4.31. The van der Waals surface area contributed by atoms with Gasteiger partial charge in [-0.1, -0.05) is 24.0 Å². The summed E-state index contributed by atoms with van der Waals surface area (Å²) in [5.74, 6) is 0.0134. The summed E-state index contributed by atoms with van der Waals surface area (Å²) in [5.41, 5.74) is 0.251. The molecule has 0 N–H and O–H groups in total. The second kappa shape index (κ2) is 6.37. The Labute approximate surface area is 140 Å². The lowest BCUT2D eigenvalue weighted by molar-refractivity contribution is -0.137. The fourth-order valence-corrected chi connectivity index (χ4v) is 3.53. The zero-order chi connectivity index (χ0) is 16.7. The van der Waals surface area contributed by atoms with Crippen LogP contribution in [0.1, 0.15) is 16.9 Å². The van der Waals surface area contributed by atoms with E-state index in [0.29, 0.717) is 13.2 Å². The molecule has 24 heavy (non-hydrogen) atoms. The molecule has 0 aromatic heterocycles. The highest BCUT2D eigenvalue weighted by Gasteiger charge is 2.42. The maximum atomic E-state index is 12.7. The van der Waals surface area contributed by atoms with E-state index in [1.54, 1.807) is 12.1 Å². The molecule has 4 nitrogen and oxygen atoms in total. The summed E-state index contributed by atoms with van der Waals surface area (Å²) in [5, 5.41) is 0. The van der Waals surface area contributed by atoms with Crippen LogP contribution in [0.15, 0.2) is 24.3 Å². The van der Waals surface area contributed by atoms with E-state index in [1.165, 1.54) is 0 Å². The van der Waals surface area contributed by atoms with E-state index < -0.39 is 11.7 Å². The first-order chi connectivity index (χ1) is 11.5. The molecular formula is C15H17B2F3N2O2. The Balaban J connectivity index is 1.55. The van der Waals surface area contributed by atoms with Crippen LogP contribution in [0.4, 0.5) is 13.2 Å². The summed E-state index contributed by atoms with van der Waals surface area (Å²) in [6.45, 7) is 2.92. The fourth-order valence-electron chi connectivity index (χ4n) is 3.53. The van der Waals surface area contributed by atoms with Crippen molar-refractivity contribution in [3.8, 4) is 0 Å². The topological polar surface area (TPSA) is 24.9 Å². The van der Waals surface area contributed by atoms with Crippen LogP contribution in [0.2, 0.25) is 6.32 Å². The minimum atomic E-state index is -4.30. The Morgan fingerprint density at radius 1 is 1.04 bits per heavy atom. The van der Waals surface area contributed by atoms with Crippen molar-refractivity contribution in [1.29, 1.82) is 0 Å². The monoisotopic (exact) mass is 336 g/mol. The van der Waals surface area contributed by atoms with Gasteiger partial charge in [0, 0.05) is 13.1 Å². The molecule has 3 unspecified atom stereocenters. The van der Waals surface area contributed by atoms with E-state index in [0.717, 1.165) is 37.1 Å². The standard InChI is InChI=1S/C15H17B2F3N2O2/c18-15(19,20)11-3-1-10(2-4-11)12-9-16-22-6-8-24-14(22)21-5-7-23-13(21)17-12/h1-4,12-14H,5-9H2. The summed E-state index contributed by atoms with van der Waals surface area (Å²) in [6.07, 6.45) is -3.85. The highest BCUT2D eigenvalue weighted by atomic mass is 19.4. The van der Waals surface area contributed by atoms with E-state index in [9.17, 15) is 13.2 Å². The molecule has 0 bridgehead atoms. The second-order valence-corrected chi connectivity index (χ2v) is 6.27. The molecule has 0 spiro atoms. The number of fused-ring (bicyclic) bond motifs is 3. The Kier molecular flexibility index (Phi) is 4.36. The van der Waals surface area contributed by atoms with Crippen LogP contribution in [-0.4, -0.2) is 63.2 Å². The number of ether oxygens (including phenoxy) is 2. The van der Waals surface area contributed by atoms with Gasteiger partial charge in [0.15, 0.2) is 13.6 Å². The van der Waals surface area contributed by atoms with Crippen LogP contribution >= 0.6 is 0 Å². The minimum absolute atomic E-state index is 0.0134. The van der Waals surface area contributed by atoms with Crippen molar-refractivity contribution in [1.82, 2.24) is 9.71 Å². The average molecular weight is 336 g/mol. The molecular weight excluding hydrogens is 319 g/mol. The molecule has 0 saturated carbocycles. The number of halogens is 3. The lowest BCUT2D eigenvalue weighted by Crippen LogP contribution is -2.54. The third kappa shape index (κ3) is 3.10. The molecule has 3 heterocycles. The van der Waals surface area contributed by atoms with Crippen molar-refractivity contribution in [3.05, 3.63) is 35.4 Å². The summed E-state index contributed by atoms with van der Waals surface area (Å²) >= 11 is 0. The van der Waals surface area contributed by atoms with Crippen LogP contribution in [0.3, 0.4) is 0 Å². The van der Waals surface area contributed by atoms with Crippen LogP contribution in [0, 0.1) is 0 Å². The Morgan fingerprint density at radius 2 is 1.79 bits per heavy atom. The Bertz CT molecular complexity index is 587. The maximum absolute atomic E-state index is 12.7. The van der Waals surface area contributed by atoms with Crippen LogP contribution < -0.4 is 0 Å². The van der Waals surface area contributed by atoms with Gasteiger partial charge in [-0.15, -0.1) is 0 Å². The smallest absolute Gasteiger partial charge is 0.371 e. The van der Waals surface area contributed by atoms with Gasteiger partial charge in [0.2, 0.25) is 7.41 Å². The molecule has 2 radical (unpaired) electrons.